The van der Waals surface area contributed by atoms with Crippen molar-refractivity contribution in [1.82, 2.24) is 15.1 Å². The van der Waals surface area contributed by atoms with E-state index in [-0.39, 0.29) is 0 Å². The van der Waals surface area contributed by atoms with Gasteiger partial charge >= 0.3 is 0 Å². The predicted molar refractivity (Wildman–Crippen MR) is 101 cm³/mol. The second-order valence-corrected chi connectivity index (χ2v) is 6.21. The van der Waals surface area contributed by atoms with Crippen LogP contribution in [0.4, 0.5) is 0 Å². The van der Waals surface area contributed by atoms with Crippen LogP contribution in [0.1, 0.15) is 18.1 Å². The average molecular weight is 345 g/mol. The largest absolute Gasteiger partial charge is 0.477 e. The zero-order valence-electron chi connectivity index (χ0n) is 15.0. The molecular weight excluding hydrogens is 326 g/mol. The summed E-state index contributed by atoms with van der Waals surface area (Å²) in [5.41, 5.74) is 4.78. The molecular formula is C21H19N3O2. The van der Waals surface area contributed by atoms with E-state index in [1.807, 2.05) is 63.2 Å². The van der Waals surface area contributed by atoms with Crippen LogP contribution in [0.5, 0.6) is 5.88 Å². The fraction of sp³-hybridized carbons (Fsp3) is 0.190. The third-order valence-electron chi connectivity index (χ3n) is 4.26. The van der Waals surface area contributed by atoms with Crippen LogP contribution in [-0.2, 0) is 0 Å². The van der Waals surface area contributed by atoms with Crippen LogP contribution >= 0.6 is 0 Å². The van der Waals surface area contributed by atoms with Gasteiger partial charge in [0.25, 0.3) is 5.89 Å². The first-order valence-electron chi connectivity index (χ1n) is 8.60. The fourth-order valence-corrected chi connectivity index (χ4v) is 2.92. The van der Waals surface area contributed by atoms with Gasteiger partial charge in [0.1, 0.15) is 0 Å². The molecule has 0 amide bonds. The molecule has 0 aliphatic carbocycles. The molecule has 26 heavy (non-hydrogen) atoms. The van der Waals surface area contributed by atoms with Gasteiger partial charge in [-0.2, -0.15) is 4.98 Å². The highest BCUT2D eigenvalue weighted by molar-refractivity contribution is 5.85. The Hall–Kier alpha value is -3.21. The summed E-state index contributed by atoms with van der Waals surface area (Å²) in [6, 6.07) is 16.1. The lowest BCUT2D eigenvalue weighted by Gasteiger charge is -2.08. The Labute approximate surface area is 151 Å². The van der Waals surface area contributed by atoms with Crippen molar-refractivity contribution in [2.45, 2.75) is 20.8 Å². The summed E-state index contributed by atoms with van der Waals surface area (Å²) in [5.74, 6) is 1.48. The Morgan fingerprint density at radius 1 is 0.962 bits per heavy atom. The number of aryl methyl sites for hydroxylation is 2. The standard InChI is InChI=1S/C21H19N3O2/c1-4-25-20-17(12-15-10-9-13(2)11-18(15)22-20)19-23-21(26-24-19)16-8-6-5-7-14(16)3/h5-12H,4H2,1-3H3. The molecule has 4 rings (SSSR count). The molecule has 0 N–H and O–H groups in total. The minimum atomic E-state index is 0.474. The van der Waals surface area contributed by atoms with E-state index in [9.17, 15) is 0 Å². The zero-order chi connectivity index (χ0) is 18.1. The van der Waals surface area contributed by atoms with E-state index >= 15 is 0 Å². The van der Waals surface area contributed by atoms with Crippen LogP contribution < -0.4 is 4.74 Å². The molecule has 0 atom stereocenters. The summed E-state index contributed by atoms with van der Waals surface area (Å²) >= 11 is 0. The second kappa shape index (κ2) is 6.59. The van der Waals surface area contributed by atoms with E-state index < -0.39 is 0 Å². The first-order valence-corrected chi connectivity index (χ1v) is 8.60. The van der Waals surface area contributed by atoms with Crippen molar-refractivity contribution >= 4 is 10.9 Å². The summed E-state index contributed by atoms with van der Waals surface area (Å²) < 4.78 is 11.3. The second-order valence-electron chi connectivity index (χ2n) is 6.21. The fourth-order valence-electron chi connectivity index (χ4n) is 2.92. The summed E-state index contributed by atoms with van der Waals surface area (Å²) in [6.45, 7) is 6.51. The Balaban J connectivity index is 1.84. The highest BCUT2D eigenvalue weighted by Crippen LogP contribution is 2.32. The maximum absolute atomic E-state index is 5.75. The molecule has 0 saturated carbocycles. The van der Waals surface area contributed by atoms with E-state index in [2.05, 4.69) is 21.2 Å². The summed E-state index contributed by atoms with van der Waals surface area (Å²) in [6.07, 6.45) is 0. The Morgan fingerprint density at radius 2 is 1.81 bits per heavy atom. The Bertz CT molecular complexity index is 1090. The molecule has 2 heterocycles. The van der Waals surface area contributed by atoms with Crippen molar-refractivity contribution in [1.29, 1.82) is 0 Å². The van der Waals surface area contributed by atoms with Gasteiger partial charge in [-0.1, -0.05) is 35.5 Å². The highest BCUT2D eigenvalue weighted by atomic mass is 16.5. The maximum atomic E-state index is 5.75. The molecule has 2 aromatic carbocycles. The summed E-state index contributed by atoms with van der Waals surface area (Å²) in [7, 11) is 0. The molecule has 0 bridgehead atoms. The quantitative estimate of drug-likeness (QED) is 0.523. The van der Waals surface area contributed by atoms with Crippen molar-refractivity contribution in [3.05, 3.63) is 59.7 Å². The molecule has 0 unspecified atom stereocenters. The number of ether oxygens (including phenoxy) is 1. The molecule has 0 aliphatic heterocycles. The number of rotatable bonds is 4. The van der Waals surface area contributed by atoms with Crippen LogP contribution in [0, 0.1) is 13.8 Å². The average Bonchev–Trinajstić information content (AvgIpc) is 3.11. The van der Waals surface area contributed by atoms with E-state index in [0.717, 1.165) is 33.2 Å². The van der Waals surface area contributed by atoms with Crippen molar-refractivity contribution in [2.75, 3.05) is 6.61 Å². The number of fused-ring (bicyclic) bond motifs is 1. The minimum Gasteiger partial charge on any atom is -0.477 e. The van der Waals surface area contributed by atoms with Gasteiger partial charge in [-0.05, 0) is 50.1 Å². The van der Waals surface area contributed by atoms with Crippen molar-refractivity contribution in [3.8, 4) is 28.7 Å². The number of benzene rings is 2. The van der Waals surface area contributed by atoms with E-state index in [4.69, 9.17) is 9.26 Å². The van der Waals surface area contributed by atoms with Crippen LogP contribution in [0.25, 0.3) is 33.7 Å². The molecule has 0 radical (unpaired) electrons. The van der Waals surface area contributed by atoms with Gasteiger partial charge in [-0.15, -0.1) is 0 Å². The number of hydrogen-bond acceptors (Lipinski definition) is 5. The van der Waals surface area contributed by atoms with Gasteiger partial charge in [0.2, 0.25) is 11.7 Å². The molecule has 5 heteroatoms. The van der Waals surface area contributed by atoms with Gasteiger partial charge in [0.05, 0.1) is 17.7 Å². The molecule has 0 fully saturated rings. The van der Waals surface area contributed by atoms with Gasteiger partial charge in [-0.3, -0.25) is 0 Å². The molecule has 2 aromatic heterocycles. The molecule has 0 spiro atoms. The van der Waals surface area contributed by atoms with Gasteiger partial charge < -0.3 is 9.26 Å². The lowest BCUT2D eigenvalue weighted by Crippen LogP contribution is -1.98. The van der Waals surface area contributed by atoms with Crippen LogP contribution in [0.3, 0.4) is 0 Å². The third kappa shape index (κ3) is 2.92. The smallest absolute Gasteiger partial charge is 0.258 e. The van der Waals surface area contributed by atoms with E-state index in [1.54, 1.807) is 0 Å². The molecule has 0 aliphatic rings. The molecule has 5 nitrogen and oxygen atoms in total. The first-order chi connectivity index (χ1) is 12.7. The SMILES string of the molecule is CCOc1nc2cc(C)ccc2cc1-c1noc(-c2ccccc2C)n1. The van der Waals surface area contributed by atoms with Gasteiger partial charge in [-0.25, -0.2) is 4.98 Å². The highest BCUT2D eigenvalue weighted by Gasteiger charge is 2.18. The Morgan fingerprint density at radius 3 is 2.62 bits per heavy atom. The number of pyridine rings is 1. The minimum absolute atomic E-state index is 0.474. The molecule has 0 saturated heterocycles. The van der Waals surface area contributed by atoms with Crippen LogP contribution in [0.15, 0.2) is 53.1 Å². The summed E-state index contributed by atoms with van der Waals surface area (Å²) in [5, 5.41) is 5.18. The van der Waals surface area contributed by atoms with Crippen molar-refractivity contribution in [3.63, 3.8) is 0 Å². The van der Waals surface area contributed by atoms with Gasteiger partial charge in [0.15, 0.2) is 0 Å². The van der Waals surface area contributed by atoms with E-state index in [1.165, 1.54) is 0 Å². The summed E-state index contributed by atoms with van der Waals surface area (Å²) in [4.78, 5) is 9.24. The van der Waals surface area contributed by atoms with E-state index in [0.29, 0.717) is 24.2 Å². The van der Waals surface area contributed by atoms with Gasteiger partial charge in [0, 0.05) is 10.9 Å². The number of hydrogen-bond donors (Lipinski definition) is 0. The van der Waals surface area contributed by atoms with Crippen LogP contribution in [-0.4, -0.2) is 21.7 Å². The van der Waals surface area contributed by atoms with Crippen molar-refractivity contribution in [2.24, 2.45) is 0 Å². The lowest BCUT2D eigenvalue weighted by atomic mass is 10.1. The third-order valence-corrected chi connectivity index (χ3v) is 4.26. The lowest BCUT2D eigenvalue weighted by molar-refractivity contribution is 0.329. The number of nitrogens with zero attached hydrogens (tertiary/aromatic N) is 3. The normalized spacial score (nSPS) is 11.0. The predicted octanol–water partition coefficient (Wildman–Crippen LogP) is 4.97. The number of aromatic nitrogens is 3. The van der Waals surface area contributed by atoms with Crippen molar-refractivity contribution < 1.29 is 9.26 Å². The maximum Gasteiger partial charge on any atom is 0.258 e. The first kappa shape index (κ1) is 16.3. The van der Waals surface area contributed by atoms with Crippen LogP contribution in [0.2, 0.25) is 0 Å². The monoisotopic (exact) mass is 345 g/mol. The zero-order valence-corrected chi connectivity index (χ0v) is 15.0. The molecule has 4 aromatic rings. The Kier molecular flexibility index (Phi) is 4.13. The molecule has 130 valence electrons. The topological polar surface area (TPSA) is 61.0 Å².